The van der Waals surface area contributed by atoms with Gasteiger partial charge in [-0.05, 0) is 49.4 Å². The van der Waals surface area contributed by atoms with E-state index in [-0.39, 0.29) is 15.5 Å². The molecule has 0 aliphatic carbocycles. The number of para-hydroxylation sites is 1. The number of hydrogen-bond donors (Lipinski definition) is 1. The fraction of sp³-hybridized carbons (Fsp3) is 0.0476. The van der Waals surface area contributed by atoms with E-state index in [1.807, 2.05) is 6.07 Å². The minimum Gasteiger partial charge on any atom is -0.280 e. The maximum Gasteiger partial charge on any atom is 0.265 e. The normalized spacial score (nSPS) is 11.5. The van der Waals surface area contributed by atoms with Gasteiger partial charge in [-0.25, -0.2) is 13.4 Å². The summed E-state index contributed by atoms with van der Waals surface area (Å²) in [4.78, 5) is 17.4. The van der Waals surface area contributed by atoms with Gasteiger partial charge in [0.2, 0.25) is 0 Å². The van der Waals surface area contributed by atoms with Crippen LogP contribution < -0.4 is 10.3 Å². The lowest BCUT2D eigenvalue weighted by Crippen LogP contribution is -2.22. The molecule has 0 amide bonds. The molecular weight excluding hydrogens is 410 g/mol. The Morgan fingerprint density at radius 2 is 1.69 bits per heavy atom. The largest absolute Gasteiger partial charge is 0.280 e. The van der Waals surface area contributed by atoms with Crippen LogP contribution in [0.15, 0.2) is 82.5 Å². The molecule has 0 unspecified atom stereocenters. The summed E-state index contributed by atoms with van der Waals surface area (Å²) in [5, 5.41) is 0.613. The first-order chi connectivity index (χ1) is 13.9. The lowest BCUT2D eigenvalue weighted by atomic mass is 10.2. The predicted octanol–water partition coefficient (Wildman–Crippen LogP) is 4.15. The molecule has 146 valence electrons. The molecule has 29 heavy (non-hydrogen) atoms. The van der Waals surface area contributed by atoms with Crippen LogP contribution in [0.2, 0.25) is 5.02 Å². The Hall–Kier alpha value is -3.16. The standard InChI is InChI=1S/C21H16ClN3O3S/c1-14-23-19-11-4-2-9-17(19)21(26)25(14)16-8-6-7-15(13-16)24-29(27,28)20-12-5-3-10-18(20)22/h2-13,24H,1H3. The number of rotatable bonds is 4. The number of nitrogens with one attached hydrogen (secondary N) is 1. The van der Waals surface area contributed by atoms with Gasteiger partial charge in [0.25, 0.3) is 15.6 Å². The molecule has 4 aromatic rings. The van der Waals surface area contributed by atoms with Crippen molar-refractivity contribution in [3.8, 4) is 5.69 Å². The third-order valence-corrected chi connectivity index (χ3v) is 6.31. The summed E-state index contributed by atoms with van der Waals surface area (Å²) in [5.74, 6) is 0.500. The van der Waals surface area contributed by atoms with Crippen LogP contribution >= 0.6 is 11.6 Å². The van der Waals surface area contributed by atoms with Crippen molar-refractivity contribution in [2.75, 3.05) is 4.72 Å². The van der Waals surface area contributed by atoms with Crippen LogP contribution in [0.1, 0.15) is 5.82 Å². The summed E-state index contributed by atoms with van der Waals surface area (Å²) >= 11 is 6.03. The molecule has 3 aromatic carbocycles. The Bertz CT molecular complexity index is 1400. The Kier molecular flexibility index (Phi) is 4.86. The number of anilines is 1. The van der Waals surface area contributed by atoms with Crippen molar-refractivity contribution in [3.63, 3.8) is 0 Å². The molecule has 4 rings (SSSR count). The minimum absolute atomic E-state index is 0.0206. The highest BCUT2D eigenvalue weighted by molar-refractivity contribution is 7.92. The van der Waals surface area contributed by atoms with Crippen molar-refractivity contribution < 1.29 is 8.42 Å². The van der Waals surface area contributed by atoms with Crippen LogP contribution in [-0.4, -0.2) is 18.0 Å². The predicted molar refractivity (Wildman–Crippen MR) is 114 cm³/mol. The number of aromatic nitrogens is 2. The molecule has 0 aliphatic rings. The highest BCUT2D eigenvalue weighted by Gasteiger charge is 2.18. The lowest BCUT2D eigenvalue weighted by Gasteiger charge is -2.13. The number of aryl methyl sites for hydroxylation is 1. The van der Waals surface area contributed by atoms with Crippen LogP contribution in [0.3, 0.4) is 0 Å². The van der Waals surface area contributed by atoms with Gasteiger partial charge in [0, 0.05) is 0 Å². The average Bonchev–Trinajstić information content (AvgIpc) is 2.68. The molecule has 1 N–H and O–H groups in total. The first-order valence-electron chi connectivity index (χ1n) is 8.73. The smallest absolute Gasteiger partial charge is 0.265 e. The highest BCUT2D eigenvalue weighted by Crippen LogP contribution is 2.24. The van der Waals surface area contributed by atoms with E-state index in [1.54, 1.807) is 61.5 Å². The van der Waals surface area contributed by atoms with Crippen molar-refractivity contribution in [1.29, 1.82) is 0 Å². The van der Waals surface area contributed by atoms with E-state index in [0.717, 1.165) is 0 Å². The number of halogens is 1. The second-order valence-corrected chi connectivity index (χ2v) is 8.46. The Morgan fingerprint density at radius 1 is 0.966 bits per heavy atom. The fourth-order valence-corrected chi connectivity index (χ4v) is 4.70. The van der Waals surface area contributed by atoms with Gasteiger partial charge in [-0.1, -0.05) is 41.9 Å². The molecule has 0 atom stereocenters. The van der Waals surface area contributed by atoms with Gasteiger partial charge in [-0.2, -0.15) is 0 Å². The van der Waals surface area contributed by atoms with Crippen LogP contribution in [0.5, 0.6) is 0 Å². The zero-order valence-electron chi connectivity index (χ0n) is 15.3. The maximum absolute atomic E-state index is 13.0. The Labute approximate surface area is 172 Å². The van der Waals surface area contributed by atoms with E-state index in [4.69, 9.17) is 11.6 Å². The van der Waals surface area contributed by atoms with Gasteiger partial charge in [0.1, 0.15) is 10.7 Å². The van der Waals surface area contributed by atoms with E-state index in [0.29, 0.717) is 28.1 Å². The third-order valence-electron chi connectivity index (χ3n) is 4.43. The van der Waals surface area contributed by atoms with Crippen LogP contribution in [-0.2, 0) is 10.0 Å². The molecule has 1 aromatic heterocycles. The lowest BCUT2D eigenvalue weighted by molar-refractivity contribution is 0.601. The fourth-order valence-electron chi connectivity index (χ4n) is 3.13. The van der Waals surface area contributed by atoms with Gasteiger partial charge in [0.05, 0.1) is 27.3 Å². The van der Waals surface area contributed by atoms with Gasteiger partial charge >= 0.3 is 0 Å². The van der Waals surface area contributed by atoms with E-state index >= 15 is 0 Å². The van der Waals surface area contributed by atoms with Crippen molar-refractivity contribution in [2.45, 2.75) is 11.8 Å². The maximum atomic E-state index is 13.0. The zero-order chi connectivity index (χ0) is 20.6. The summed E-state index contributed by atoms with van der Waals surface area (Å²) in [6.45, 7) is 1.73. The summed E-state index contributed by atoms with van der Waals surface area (Å²) < 4.78 is 29.4. The summed E-state index contributed by atoms with van der Waals surface area (Å²) in [5.41, 5.74) is 1.20. The molecule has 0 saturated heterocycles. The molecular formula is C21H16ClN3O3S. The van der Waals surface area contributed by atoms with Crippen molar-refractivity contribution >= 4 is 38.2 Å². The molecule has 8 heteroatoms. The van der Waals surface area contributed by atoms with Gasteiger partial charge in [-0.3, -0.25) is 14.1 Å². The van der Waals surface area contributed by atoms with Gasteiger partial charge in [0.15, 0.2) is 0 Å². The molecule has 0 aliphatic heterocycles. The van der Waals surface area contributed by atoms with Crippen molar-refractivity contribution in [2.24, 2.45) is 0 Å². The van der Waals surface area contributed by atoms with E-state index in [1.165, 1.54) is 16.7 Å². The number of fused-ring (bicyclic) bond motifs is 1. The topological polar surface area (TPSA) is 81.1 Å². The Balaban J connectivity index is 1.79. The second-order valence-electron chi connectivity index (χ2n) is 6.40. The van der Waals surface area contributed by atoms with Crippen molar-refractivity contribution in [1.82, 2.24) is 9.55 Å². The first kappa shape index (κ1) is 19.2. The number of sulfonamides is 1. The minimum atomic E-state index is -3.88. The monoisotopic (exact) mass is 425 g/mol. The SMILES string of the molecule is Cc1nc2ccccc2c(=O)n1-c1cccc(NS(=O)(=O)c2ccccc2Cl)c1. The van der Waals surface area contributed by atoms with E-state index in [2.05, 4.69) is 9.71 Å². The Morgan fingerprint density at radius 3 is 2.48 bits per heavy atom. The molecule has 6 nitrogen and oxygen atoms in total. The second kappa shape index (κ2) is 7.35. The summed E-state index contributed by atoms with van der Waals surface area (Å²) in [6.07, 6.45) is 0. The molecule has 0 saturated carbocycles. The van der Waals surface area contributed by atoms with Crippen LogP contribution in [0.25, 0.3) is 16.6 Å². The third kappa shape index (κ3) is 3.62. The van der Waals surface area contributed by atoms with Gasteiger partial charge < -0.3 is 0 Å². The summed E-state index contributed by atoms with van der Waals surface area (Å²) in [6, 6.07) is 19.9. The zero-order valence-corrected chi connectivity index (χ0v) is 16.9. The highest BCUT2D eigenvalue weighted by atomic mass is 35.5. The van der Waals surface area contributed by atoms with Crippen LogP contribution in [0, 0.1) is 6.92 Å². The first-order valence-corrected chi connectivity index (χ1v) is 10.6. The summed E-state index contributed by atoms with van der Waals surface area (Å²) in [7, 11) is -3.88. The quantitative estimate of drug-likeness (QED) is 0.532. The van der Waals surface area contributed by atoms with Gasteiger partial charge in [-0.15, -0.1) is 0 Å². The number of nitrogens with zero attached hydrogens (tertiary/aromatic N) is 2. The van der Waals surface area contributed by atoms with E-state index < -0.39 is 10.0 Å². The molecule has 0 fully saturated rings. The van der Waals surface area contributed by atoms with Crippen molar-refractivity contribution in [3.05, 3.63) is 94.0 Å². The van der Waals surface area contributed by atoms with E-state index in [9.17, 15) is 13.2 Å². The molecule has 0 radical (unpaired) electrons. The number of hydrogen-bond acceptors (Lipinski definition) is 4. The average molecular weight is 426 g/mol. The molecule has 0 spiro atoms. The molecule has 1 heterocycles. The van der Waals surface area contributed by atoms with Crippen LogP contribution in [0.4, 0.5) is 5.69 Å². The molecule has 0 bridgehead atoms. The number of benzene rings is 3.